The lowest BCUT2D eigenvalue weighted by Gasteiger charge is -2.53. The normalized spacial score (nSPS) is 23.0. The molecule has 2 saturated heterocycles. The first-order valence-electron chi connectivity index (χ1n) is 11.4. The molecule has 4 rings (SSSR count). The SMILES string of the molecule is CCOC(=O)C(C)(C)ON=C(C(=O)NC1C(=O)N2CC(CSc3nncs3)(C(=O)O)CS[C@H]12)c1nsc(N)n1. The van der Waals surface area contributed by atoms with Crippen LogP contribution in [0.15, 0.2) is 15.0 Å². The number of amides is 2. The number of carboxylic acid groups (broad SMARTS) is 1. The van der Waals surface area contributed by atoms with Crippen molar-refractivity contribution in [3.63, 3.8) is 0 Å². The number of hydrogen-bond donors (Lipinski definition) is 3. The van der Waals surface area contributed by atoms with Crippen LogP contribution in [0.1, 0.15) is 26.6 Å². The number of nitrogens with zero attached hydrogens (tertiary/aromatic N) is 6. The molecular weight excluding hydrogens is 593 g/mol. The first kappa shape index (κ1) is 29.0. The zero-order valence-electron chi connectivity index (χ0n) is 20.9. The number of carbonyl (C=O) groups is 4. The summed E-state index contributed by atoms with van der Waals surface area (Å²) in [7, 11) is 0. The van der Waals surface area contributed by atoms with Gasteiger partial charge in [0.1, 0.15) is 22.3 Å². The molecule has 0 radical (unpaired) electrons. The zero-order chi connectivity index (χ0) is 28.4. The van der Waals surface area contributed by atoms with Crippen molar-refractivity contribution >= 4 is 81.0 Å². The molecule has 2 aliphatic rings. The lowest BCUT2D eigenvalue weighted by molar-refractivity contribution is -0.167. The summed E-state index contributed by atoms with van der Waals surface area (Å²) in [4.78, 5) is 61.3. The lowest BCUT2D eigenvalue weighted by atomic mass is 9.89. The van der Waals surface area contributed by atoms with Crippen molar-refractivity contribution in [1.82, 2.24) is 29.8 Å². The fourth-order valence-corrected chi connectivity index (χ4v) is 7.34. The molecule has 0 saturated carbocycles. The molecule has 0 aliphatic carbocycles. The Bertz CT molecular complexity index is 1290. The van der Waals surface area contributed by atoms with E-state index in [0.29, 0.717) is 4.34 Å². The van der Waals surface area contributed by atoms with E-state index in [-0.39, 0.29) is 41.3 Å². The monoisotopic (exact) mass is 616 g/mol. The molecule has 2 unspecified atom stereocenters. The fraction of sp³-hybridized carbons (Fsp3) is 0.550. The Morgan fingerprint density at radius 1 is 1.41 bits per heavy atom. The number of thioether (sulfide) groups is 2. The molecule has 2 aromatic heterocycles. The van der Waals surface area contributed by atoms with Gasteiger partial charge in [-0.05, 0) is 20.8 Å². The van der Waals surface area contributed by atoms with E-state index in [4.69, 9.17) is 15.3 Å². The van der Waals surface area contributed by atoms with Crippen LogP contribution >= 0.6 is 46.4 Å². The van der Waals surface area contributed by atoms with Crippen LogP contribution in [-0.2, 0) is 28.8 Å². The van der Waals surface area contributed by atoms with Gasteiger partial charge in [0.25, 0.3) is 5.91 Å². The maximum Gasteiger partial charge on any atom is 0.352 e. The molecule has 4 heterocycles. The highest BCUT2D eigenvalue weighted by Crippen LogP contribution is 2.44. The highest BCUT2D eigenvalue weighted by Gasteiger charge is 2.57. The standard InChI is InChI=1S/C20H24N8O7S4/c1-4-34-16(33)19(2,3)35-26-9(11-24-17(21)39-27-11)12(29)23-10-13(30)28-5-20(15(31)32,6-36-14(10)28)7-37-18-25-22-8-38-18/h8,10,14H,4-7H2,1-3H3,(H,23,29)(H,31,32)(H2,21,24,27)/t10?,14-,20?/m1/s1. The van der Waals surface area contributed by atoms with Crippen molar-refractivity contribution in [2.75, 3.05) is 30.4 Å². The summed E-state index contributed by atoms with van der Waals surface area (Å²) in [5.41, 5.74) is 4.11. The minimum absolute atomic E-state index is 0.0149. The second-order valence-electron chi connectivity index (χ2n) is 8.92. The van der Waals surface area contributed by atoms with Crippen LogP contribution in [0.25, 0.3) is 0 Å². The number of aliphatic carboxylic acids is 1. The first-order valence-corrected chi connectivity index (χ1v) is 15.0. The fourth-order valence-electron chi connectivity index (χ4n) is 3.56. The van der Waals surface area contributed by atoms with E-state index >= 15 is 0 Å². The second-order valence-corrected chi connectivity index (χ2v) is 12.9. The average Bonchev–Trinajstić information content (AvgIpc) is 3.58. The van der Waals surface area contributed by atoms with Gasteiger partial charge in [0.15, 0.2) is 9.47 Å². The number of β-lactam (4-membered cyclic amide) rings is 1. The van der Waals surface area contributed by atoms with E-state index in [1.165, 1.54) is 53.6 Å². The Morgan fingerprint density at radius 2 is 2.18 bits per heavy atom. The van der Waals surface area contributed by atoms with Gasteiger partial charge in [-0.3, -0.25) is 14.4 Å². The summed E-state index contributed by atoms with van der Waals surface area (Å²) in [6.45, 7) is 4.57. The minimum Gasteiger partial charge on any atom is -0.481 e. The number of fused-ring (bicyclic) bond motifs is 1. The number of hydrogen-bond acceptors (Lipinski definition) is 16. The Hall–Kier alpha value is -3.03. The third-order valence-electron chi connectivity index (χ3n) is 5.70. The van der Waals surface area contributed by atoms with E-state index in [9.17, 15) is 24.3 Å². The molecule has 15 nitrogen and oxygen atoms in total. The maximum atomic E-state index is 13.2. The van der Waals surface area contributed by atoms with Crippen LogP contribution in [0.2, 0.25) is 0 Å². The van der Waals surface area contributed by atoms with Gasteiger partial charge < -0.3 is 30.6 Å². The minimum atomic E-state index is -1.53. The van der Waals surface area contributed by atoms with E-state index in [2.05, 4.69) is 30.0 Å². The first-order chi connectivity index (χ1) is 18.5. The molecule has 0 bridgehead atoms. The van der Waals surface area contributed by atoms with Gasteiger partial charge in [-0.25, -0.2) is 4.79 Å². The van der Waals surface area contributed by atoms with Crippen molar-refractivity contribution in [2.45, 2.75) is 42.1 Å². The van der Waals surface area contributed by atoms with Gasteiger partial charge in [-0.1, -0.05) is 28.3 Å². The van der Waals surface area contributed by atoms with Crippen LogP contribution in [0.4, 0.5) is 5.13 Å². The summed E-state index contributed by atoms with van der Waals surface area (Å²) < 4.78 is 9.59. The van der Waals surface area contributed by atoms with Crippen LogP contribution in [-0.4, -0.2) is 101 Å². The van der Waals surface area contributed by atoms with E-state index in [0.717, 1.165) is 11.5 Å². The molecule has 0 aromatic carbocycles. The number of carboxylic acids is 1. The summed E-state index contributed by atoms with van der Waals surface area (Å²) in [5.74, 6) is -2.70. The van der Waals surface area contributed by atoms with E-state index < -0.39 is 46.2 Å². The van der Waals surface area contributed by atoms with Gasteiger partial charge in [0, 0.05) is 29.6 Å². The average molecular weight is 617 g/mol. The summed E-state index contributed by atoms with van der Waals surface area (Å²) >= 11 is 4.66. The lowest BCUT2D eigenvalue weighted by Crippen LogP contribution is -2.74. The molecule has 2 fully saturated rings. The van der Waals surface area contributed by atoms with Crippen molar-refractivity contribution in [3.8, 4) is 0 Å². The van der Waals surface area contributed by atoms with Crippen molar-refractivity contribution in [3.05, 3.63) is 11.3 Å². The summed E-state index contributed by atoms with van der Waals surface area (Å²) in [6.07, 6.45) is 0. The quantitative estimate of drug-likeness (QED) is 0.102. The Labute approximate surface area is 238 Å². The number of nitrogens with two attached hydrogens (primary N) is 1. The molecule has 210 valence electrons. The molecule has 3 atom stereocenters. The topological polar surface area (TPSA) is 212 Å². The highest BCUT2D eigenvalue weighted by atomic mass is 32.2. The van der Waals surface area contributed by atoms with Crippen molar-refractivity contribution in [2.24, 2.45) is 10.6 Å². The van der Waals surface area contributed by atoms with Gasteiger partial charge in [-0.15, -0.1) is 22.0 Å². The summed E-state index contributed by atoms with van der Waals surface area (Å²) in [6, 6.07) is -0.940. The van der Waals surface area contributed by atoms with Crippen LogP contribution in [0, 0.1) is 5.41 Å². The molecular formula is C20H24N8O7S4. The molecule has 2 aliphatic heterocycles. The predicted molar refractivity (Wildman–Crippen MR) is 143 cm³/mol. The number of ether oxygens (including phenoxy) is 1. The Balaban J connectivity index is 1.46. The van der Waals surface area contributed by atoms with Crippen molar-refractivity contribution in [1.29, 1.82) is 0 Å². The number of oxime groups is 1. The maximum absolute atomic E-state index is 13.2. The van der Waals surface area contributed by atoms with Crippen LogP contribution < -0.4 is 11.1 Å². The predicted octanol–water partition coefficient (Wildman–Crippen LogP) is 0.297. The van der Waals surface area contributed by atoms with Crippen LogP contribution in [0.3, 0.4) is 0 Å². The van der Waals surface area contributed by atoms with Crippen LogP contribution in [0.5, 0.6) is 0 Å². The molecule has 2 aromatic rings. The number of esters is 1. The van der Waals surface area contributed by atoms with Crippen molar-refractivity contribution < 1.29 is 33.9 Å². The number of nitrogens with one attached hydrogen (secondary N) is 1. The Kier molecular flexibility index (Phi) is 8.62. The largest absolute Gasteiger partial charge is 0.481 e. The molecule has 4 N–H and O–H groups in total. The highest BCUT2D eigenvalue weighted by molar-refractivity contribution is 8.01. The molecule has 0 spiro atoms. The third-order valence-corrected chi connectivity index (χ3v) is 9.98. The third kappa shape index (κ3) is 6.10. The van der Waals surface area contributed by atoms with E-state index in [1.54, 1.807) is 12.4 Å². The molecule has 39 heavy (non-hydrogen) atoms. The number of anilines is 1. The summed E-state index contributed by atoms with van der Waals surface area (Å²) in [5, 5.41) is 23.7. The molecule has 2 amide bonds. The number of aromatic nitrogens is 4. The number of rotatable bonds is 11. The number of nitrogen functional groups attached to an aromatic ring is 1. The Morgan fingerprint density at radius 3 is 2.79 bits per heavy atom. The van der Waals surface area contributed by atoms with Gasteiger partial charge in [0.05, 0.1) is 6.61 Å². The van der Waals surface area contributed by atoms with Gasteiger partial charge in [0.2, 0.25) is 23.0 Å². The smallest absolute Gasteiger partial charge is 0.352 e. The molecule has 19 heteroatoms. The van der Waals surface area contributed by atoms with E-state index in [1.807, 2.05) is 0 Å². The zero-order valence-corrected chi connectivity index (χ0v) is 24.1. The van der Waals surface area contributed by atoms with Gasteiger partial charge in [-0.2, -0.15) is 9.36 Å². The number of carbonyl (C=O) groups excluding carboxylic acids is 3. The van der Waals surface area contributed by atoms with Gasteiger partial charge >= 0.3 is 11.9 Å². The second kappa shape index (κ2) is 11.6.